The van der Waals surface area contributed by atoms with Crippen molar-refractivity contribution in [2.24, 2.45) is 0 Å². The number of esters is 1. The molecule has 0 fully saturated rings. The van der Waals surface area contributed by atoms with Crippen LogP contribution in [0.3, 0.4) is 0 Å². The number of carbonyl (C=O) groups excluding carboxylic acids is 1. The third-order valence-corrected chi connectivity index (χ3v) is 4.82. The standard InChI is InChI=1S/C14H20O4Si/c1-4-14(15)16-11-12-9-7-8-10-13(12)19(17-5-2)18-6-3/h4,7-10,19H,1,5-6,11H2,2-3H3. The topological polar surface area (TPSA) is 44.8 Å². The number of hydrogen-bond acceptors (Lipinski definition) is 4. The van der Waals surface area contributed by atoms with Crippen LogP contribution in [0.1, 0.15) is 19.4 Å². The maximum absolute atomic E-state index is 11.1. The first-order valence-electron chi connectivity index (χ1n) is 6.33. The first-order valence-corrected chi connectivity index (χ1v) is 7.85. The summed E-state index contributed by atoms with van der Waals surface area (Å²) in [6.07, 6.45) is 1.16. The SMILES string of the molecule is C=CC(=O)OCc1ccccc1[SiH](OCC)OCC. The van der Waals surface area contributed by atoms with Gasteiger partial charge in [0.2, 0.25) is 0 Å². The number of ether oxygens (including phenoxy) is 1. The summed E-state index contributed by atoms with van der Waals surface area (Å²) in [6, 6.07) is 7.74. The highest BCUT2D eigenvalue weighted by atomic mass is 28.3. The first-order chi connectivity index (χ1) is 9.22. The molecule has 4 nitrogen and oxygen atoms in total. The number of carbonyl (C=O) groups is 1. The smallest absolute Gasteiger partial charge is 0.356 e. The summed E-state index contributed by atoms with van der Waals surface area (Å²) in [5, 5.41) is 1.02. The average Bonchev–Trinajstić information content (AvgIpc) is 2.45. The van der Waals surface area contributed by atoms with Crippen molar-refractivity contribution in [1.29, 1.82) is 0 Å². The van der Waals surface area contributed by atoms with Crippen LogP contribution in [0.25, 0.3) is 0 Å². The van der Waals surface area contributed by atoms with Crippen LogP contribution in [0.5, 0.6) is 0 Å². The van der Waals surface area contributed by atoms with Gasteiger partial charge in [0.1, 0.15) is 6.61 Å². The van der Waals surface area contributed by atoms with Crippen molar-refractivity contribution in [2.75, 3.05) is 13.2 Å². The van der Waals surface area contributed by atoms with Crippen molar-refractivity contribution >= 4 is 20.4 Å². The molecule has 0 aromatic heterocycles. The van der Waals surface area contributed by atoms with E-state index < -0.39 is 15.3 Å². The molecule has 5 heteroatoms. The summed E-state index contributed by atoms with van der Waals surface area (Å²) >= 11 is 0. The van der Waals surface area contributed by atoms with Gasteiger partial charge in [-0.05, 0) is 24.6 Å². The van der Waals surface area contributed by atoms with Gasteiger partial charge in [0.25, 0.3) is 0 Å². The molecule has 0 unspecified atom stereocenters. The van der Waals surface area contributed by atoms with Gasteiger partial charge in [-0.2, -0.15) is 0 Å². The van der Waals surface area contributed by atoms with E-state index in [4.69, 9.17) is 13.6 Å². The highest BCUT2D eigenvalue weighted by molar-refractivity contribution is 6.61. The fourth-order valence-corrected chi connectivity index (χ4v) is 3.45. The molecule has 0 saturated heterocycles. The Morgan fingerprint density at radius 2 is 1.89 bits per heavy atom. The van der Waals surface area contributed by atoms with E-state index in [2.05, 4.69) is 6.58 Å². The zero-order valence-corrected chi connectivity index (χ0v) is 12.6. The Morgan fingerprint density at radius 1 is 1.26 bits per heavy atom. The third-order valence-electron chi connectivity index (χ3n) is 2.48. The third kappa shape index (κ3) is 4.98. The number of hydrogen-bond donors (Lipinski definition) is 0. The second-order valence-electron chi connectivity index (χ2n) is 3.75. The molecule has 1 aromatic rings. The summed E-state index contributed by atoms with van der Waals surface area (Å²) in [5.41, 5.74) is 0.927. The van der Waals surface area contributed by atoms with Gasteiger partial charge in [-0.1, -0.05) is 30.8 Å². The van der Waals surface area contributed by atoms with E-state index in [1.807, 2.05) is 38.1 Å². The van der Waals surface area contributed by atoms with Gasteiger partial charge in [0, 0.05) is 19.3 Å². The maximum Gasteiger partial charge on any atom is 0.356 e. The Hall–Kier alpha value is -1.43. The summed E-state index contributed by atoms with van der Waals surface area (Å²) in [5.74, 6) is -0.430. The molecule has 1 rings (SSSR count). The lowest BCUT2D eigenvalue weighted by Gasteiger charge is -2.18. The average molecular weight is 280 g/mol. The minimum atomic E-state index is -1.92. The van der Waals surface area contributed by atoms with E-state index in [0.29, 0.717) is 13.2 Å². The molecular formula is C14H20O4Si. The van der Waals surface area contributed by atoms with Crippen LogP contribution in [-0.4, -0.2) is 28.5 Å². The molecule has 0 bridgehead atoms. The van der Waals surface area contributed by atoms with Crippen LogP contribution in [0, 0.1) is 0 Å². The minimum Gasteiger partial charge on any atom is -0.458 e. The van der Waals surface area contributed by atoms with E-state index in [1.165, 1.54) is 0 Å². The van der Waals surface area contributed by atoms with Gasteiger partial charge in [0.05, 0.1) is 0 Å². The van der Waals surface area contributed by atoms with Gasteiger partial charge in [-0.15, -0.1) is 0 Å². The Balaban J connectivity index is 2.85. The molecule has 0 amide bonds. The number of benzene rings is 1. The predicted octanol–water partition coefficient (Wildman–Crippen LogP) is 1.42. The van der Waals surface area contributed by atoms with Crippen LogP contribution < -0.4 is 5.19 Å². The predicted molar refractivity (Wildman–Crippen MR) is 76.5 cm³/mol. The molecule has 104 valence electrons. The lowest BCUT2D eigenvalue weighted by Crippen LogP contribution is -2.39. The Kier molecular flexibility index (Phi) is 7.10. The molecule has 0 radical (unpaired) electrons. The van der Waals surface area contributed by atoms with E-state index in [1.54, 1.807) is 0 Å². The summed E-state index contributed by atoms with van der Waals surface area (Å²) < 4.78 is 16.5. The highest BCUT2D eigenvalue weighted by Crippen LogP contribution is 2.03. The molecule has 0 aliphatic rings. The van der Waals surface area contributed by atoms with Crippen LogP contribution in [0.15, 0.2) is 36.9 Å². The summed E-state index contributed by atoms with van der Waals surface area (Å²) in [6.45, 7) is 8.69. The lowest BCUT2D eigenvalue weighted by molar-refractivity contribution is -0.138. The Morgan fingerprint density at radius 3 is 2.47 bits per heavy atom. The highest BCUT2D eigenvalue weighted by Gasteiger charge is 2.19. The molecule has 1 aromatic carbocycles. The molecular weight excluding hydrogens is 260 g/mol. The van der Waals surface area contributed by atoms with E-state index >= 15 is 0 Å². The van der Waals surface area contributed by atoms with Gasteiger partial charge in [-0.25, -0.2) is 4.79 Å². The van der Waals surface area contributed by atoms with Crippen LogP contribution in [0.4, 0.5) is 0 Å². The van der Waals surface area contributed by atoms with Crippen molar-refractivity contribution in [3.8, 4) is 0 Å². The molecule has 19 heavy (non-hydrogen) atoms. The van der Waals surface area contributed by atoms with Crippen molar-refractivity contribution in [1.82, 2.24) is 0 Å². The zero-order valence-electron chi connectivity index (χ0n) is 11.4. The fraction of sp³-hybridized carbons (Fsp3) is 0.357. The zero-order chi connectivity index (χ0) is 14.1. The van der Waals surface area contributed by atoms with Gasteiger partial charge >= 0.3 is 15.3 Å². The van der Waals surface area contributed by atoms with Crippen molar-refractivity contribution in [3.63, 3.8) is 0 Å². The molecule has 0 saturated carbocycles. The lowest BCUT2D eigenvalue weighted by atomic mass is 10.2. The van der Waals surface area contributed by atoms with E-state index in [-0.39, 0.29) is 6.61 Å². The van der Waals surface area contributed by atoms with E-state index in [0.717, 1.165) is 16.8 Å². The maximum atomic E-state index is 11.1. The van der Waals surface area contributed by atoms with Gasteiger partial charge < -0.3 is 13.6 Å². The molecule has 0 atom stereocenters. The fourth-order valence-electron chi connectivity index (χ4n) is 1.63. The monoisotopic (exact) mass is 280 g/mol. The molecule has 0 aliphatic carbocycles. The van der Waals surface area contributed by atoms with Crippen LogP contribution in [-0.2, 0) is 25.0 Å². The Labute approximate surface area is 115 Å². The second-order valence-corrected chi connectivity index (χ2v) is 5.71. The minimum absolute atomic E-state index is 0.213. The van der Waals surface area contributed by atoms with Crippen molar-refractivity contribution < 1.29 is 18.4 Å². The second kappa shape index (κ2) is 8.63. The normalized spacial score (nSPS) is 10.5. The largest absolute Gasteiger partial charge is 0.458 e. The summed E-state index contributed by atoms with van der Waals surface area (Å²) in [7, 11) is -1.92. The van der Waals surface area contributed by atoms with E-state index in [9.17, 15) is 4.79 Å². The van der Waals surface area contributed by atoms with Gasteiger partial charge in [0.15, 0.2) is 0 Å². The van der Waals surface area contributed by atoms with Crippen LogP contribution >= 0.6 is 0 Å². The first kappa shape index (κ1) is 15.6. The van der Waals surface area contributed by atoms with Crippen LogP contribution in [0.2, 0.25) is 0 Å². The summed E-state index contributed by atoms with van der Waals surface area (Å²) in [4.78, 5) is 11.1. The quantitative estimate of drug-likeness (QED) is 0.410. The molecule has 0 spiro atoms. The van der Waals surface area contributed by atoms with Crippen molar-refractivity contribution in [3.05, 3.63) is 42.5 Å². The molecule has 0 heterocycles. The molecule has 0 aliphatic heterocycles. The molecule has 0 N–H and O–H groups in total. The number of rotatable bonds is 8. The van der Waals surface area contributed by atoms with Crippen molar-refractivity contribution in [2.45, 2.75) is 20.5 Å². The Bertz CT molecular complexity index is 414. The van der Waals surface area contributed by atoms with Gasteiger partial charge in [-0.3, -0.25) is 0 Å².